The Hall–Kier alpha value is -1.59. The highest BCUT2D eigenvalue weighted by atomic mass is 16.6. The van der Waals surface area contributed by atoms with Crippen molar-refractivity contribution < 1.29 is 14.3 Å². The number of ether oxygens (including phenoxy) is 2. The number of benzene rings is 1. The Labute approximate surface area is 137 Å². The molecule has 23 heavy (non-hydrogen) atoms. The normalized spacial score (nSPS) is 29.4. The van der Waals surface area contributed by atoms with Gasteiger partial charge in [-0.1, -0.05) is 30.3 Å². The molecule has 3 fully saturated rings. The van der Waals surface area contributed by atoms with Crippen LogP contribution >= 0.6 is 0 Å². The first kappa shape index (κ1) is 15.0. The topological polar surface area (TPSA) is 42.0 Å². The Morgan fingerprint density at radius 1 is 1.13 bits per heavy atom. The molecule has 3 aliphatic rings. The molecular formula is C18H24N2O3. The van der Waals surface area contributed by atoms with Crippen molar-refractivity contribution in [3.63, 3.8) is 0 Å². The van der Waals surface area contributed by atoms with Crippen molar-refractivity contribution in [1.29, 1.82) is 0 Å². The van der Waals surface area contributed by atoms with Crippen molar-refractivity contribution >= 4 is 6.09 Å². The average Bonchev–Trinajstić information content (AvgIpc) is 2.93. The van der Waals surface area contributed by atoms with E-state index in [4.69, 9.17) is 9.47 Å². The zero-order valence-corrected chi connectivity index (χ0v) is 13.4. The minimum absolute atomic E-state index is 0.146. The van der Waals surface area contributed by atoms with Gasteiger partial charge in [-0.15, -0.1) is 0 Å². The molecule has 0 aromatic heterocycles. The monoisotopic (exact) mass is 316 g/mol. The van der Waals surface area contributed by atoms with Crippen LogP contribution in [0.5, 0.6) is 0 Å². The molecule has 3 aliphatic heterocycles. The number of carbonyl (C=O) groups excluding carboxylic acids is 1. The van der Waals surface area contributed by atoms with Gasteiger partial charge in [0, 0.05) is 45.3 Å². The highest BCUT2D eigenvalue weighted by Gasteiger charge is 2.51. The maximum Gasteiger partial charge on any atom is 0.410 e. The van der Waals surface area contributed by atoms with Gasteiger partial charge in [0.05, 0.1) is 5.54 Å². The second kappa shape index (κ2) is 6.13. The van der Waals surface area contributed by atoms with Crippen LogP contribution in [0.15, 0.2) is 30.3 Å². The fourth-order valence-electron chi connectivity index (χ4n) is 4.23. The van der Waals surface area contributed by atoms with Gasteiger partial charge in [0.2, 0.25) is 0 Å². The highest BCUT2D eigenvalue weighted by molar-refractivity contribution is 5.71. The van der Waals surface area contributed by atoms with E-state index in [1.54, 1.807) is 0 Å². The first-order valence-corrected chi connectivity index (χ1v) is 8.57. The first-order chi connectivity index (χ1) is 11.3. The van der Waals surface area contributed by atoms with Gasteiger partial charge < -0.3 is 9.47 Å². The fraction of sp³-hybridized carbons (Fsp3) is 0.611. The van der Waals surface area contributed by atoms with E-state index in [0.717, 1.165) is 52.1 Å². The molecule has 1 aromatic rings. The summed E-state index contributed by atoms with van der Waals surface area (Å²) in [6, 6.07) is 11.0. The third-order valence-corrected chi connectivity index (χ3v) is 5.45. The van der Waals surface area contributed by atoms with Crippen molar-refractivity contribution in [1.82, 2.24) is 9.80 Å². The Morgan fingerprint density at radius 3 is 2.70 bits per heavy atom. The molecule has 0 saturated carbocycles. The summed E-state index contributed by atoms with van der Waals surface area (Å²) in [5, 5.41) is 0. The molecule has 3 saturated heterocycles. The largest absolute Gasteiger partial charge is 0.447 e. The van der Waals surface area contributed by atoms with Crippen molar-refractivity contribution in [2.75, 3.05) is 39.5 Å². The lowest BCUT2D eigenvalue weighted by molar-refractivity contribution is -0.0157. The van der Waals surface area contributed by atoms with Gasteiger partial charge in [-0.3, -0.25) is 9.80 Å². The number of nitrogens with zero attached hydrogens (tertiary/aromatic N) is 2. The lowest BCUT2D eigenvalue weighted by atomic mass is 9.87. The first-order valence-electron chi connectivity index (χ1n) is 8.57. The summed E-state index contributed by atoms with van der Waals surface area (Å²) in [6.07, 6.45) is 2.90. The molecule has 5 heteroatoms. The van der Waals surface area contributed by atoms with Crippen LogP contribution in [0.3, 0.4) is 0 Å². The van der Waals surface area contributed by atoms with Crippen molar-refractivity contribution in [3.05, 3.63) is 35.9 Å². The number of amides is 1. The van der Waals surface area contributed by atoms with Crippen LogP contribution in [0.2, 0.25) is 0 Å². The van der Waals surface area contributed by atoms with E-state index in [2.05, 4.69) is 29.2 Å². The smallest absolute Gasteiger partial charge is 0.410 e. The Bertz CT molecular complexity index is 559. The molecule has 1 amide bonds. The van der Waals surface area contributed by atoms with Gasteiger partial charge in [0.1, 0.15) is 6.61 Å². The van der Waals surface area contributed by atoms with E-state index in [1.165, 1.54) is 5.56 Å². The molecule has 3 heterocycles. The number of rotatable bonds is 3. The number of fused-ring (bicyclic) bond motifs is 1. The van der Waals surface area contributed by atoms with E-state index in [0.29, 0.717) is 12.6 Å². The maximum atomic E-state index is 12.2. The van der Waals surface area contributed by atoms with Crippen LogP contribution in [0.4, 0.5) is 4.79 Å². The van der Waals surface area contributed by atoms with Gasteiger partial charge in [-0.25, -0.2) is 4.79 Å². The zero-order valence-electron chi connectivity index (χ0n) is 13.4. The second-order valence-electron chi connectivity index (χ2n) is 6.91. The average molecular weight is 316 g/mol. The lowest BCUT2D eigenvalue weighted by Crippen LogP contribution is -2.64. The molecule has 1 atom stereocenters. The predicted molar refractivity (Wildman–Crippen MR) is 86.3 cm³/mol. The second-order valence-corrected chi connectivity index (χ2v) is 6.91. The number of hydrogen-bond acceptors (Lipinski definition) is 4. The highest BCUT2D eigenvalue weighted by Crippen LogP contribution is 2.34. The van der Waals surface area contributed by atoms with Gasteiger partial charge in [0.15, 0.2) is 0 Å². The molecule has 0 bridgehead atoms. The fourth-order valence-corrected chi connectivity index (χ4v) is 4.23. The zero-order chi connectivity index (χ0) is 15.7. The molecule has 0 spiro atoms. The summed E-state index contributed by atoms with van der Waals surface area (Å²) in [4.78, 5) is 16.7. The summed E-state index contributed by atoms with van der Waals surface area (Å²) >= 11 is 0. The molecule has 0 N–H and O–H groups in total. The molecule has 0 aliphatic carbocycles. The van der Waals surface area contributed by atoms with Crippen molar-refractivity contribution in [3.8, 4) is 0 Å². The van der Waals surface area contributed by atoms with E-state index in [-0.39, 0.29) is 11.6 Å². The maximum absolute atomic E-state index is 12.2. The Kier molecular flexibility index (Phi) is 3.99. The number of cyclic esters (lactones) is 1. The van der Waals surface area contributed by atoms with Crippen molar-refractivity contribution in [2.45, 2.75) is 30.8 Å². The van der Waals surface area contributed by atoms with Crippen LogP contribution in [-0.2, 0) is 15.9 Å². The quantitative estimate of drug-likeness (QED) is 0.854. The molecule has 1 aromatic carbocycles. The standard InChI is InChI=1S/C18H24N2O3/c21-17-20-9-8-19(16-6-10-22-11-7-16)13-18(20,14-23-17)12-15-4-2-1-3-5-15/h1-5,16H,6-14H2. The number of piperazine rings is 1. The SMILES string of the molecule is O=C1OCC2(Cc3ccccc3)CN(C3CCOCC3)CCN12. The van der Waals surface area contributed by atoms with Gasteiger partial charge in [-0.2, -0.15) is 0 Å². The van der Waals surface area contributed by atoms with Gasteiger partial charge in [-0.05, 0) is 18.4 Å². The minimum Gasteiger partial charge on any atom is -0.447 e. The summed E-state index contributed by atoms with van der Waals surface area (Å²) < 4.78 is 10.9. The molecule has 0 radical (unpaired) electrons. The van der Waals surface area contributed by atoms with Gasteiger partial charge >= 0.3 is 6.09 Å². The van der Waals surface area contributed by atoms with E-state index >= 15 is 0 Å². The third kappa shape index (κ3) is 2.83. The van der Waals surface area contributed by atoms with Crippen LogP contribution in [-0.4, -0.2) is 66.9 Å². The summed E-state index contributed by atoms with van der Waals surface area (Å²) in [5.41, 5.74) is 1.05. The van der Waals surface area contributed by atoms with Crippen LogP contribution in [0, 0.1) is 0 Å². The van der Waals surface area contributed by atoms with Crippen LogP contribution < -0.4 is 0 Å². The molecular weight excluding hydrogens is 292 g/mol. The summed E-state index contributed by atoms with van der Waals surface area (Å²) in [7, 11) is 0. The number of hydrogen-bond donors (Lipinski definition) is 0. The van der Waals surface area contributed by atoms with E-state index in [1.807, 2.05) is 11.0 Å². The molecule has 124 valence electrons. The predicted octanol–water partition coefficient (Wildman–Crippen LogP) is 1.91. The van der Waals surface area contributed by atoms with E-state index in [9.17, 15) is 4.79 Å². The molecule has 5 nitrogen and oxygen atoms in total. The minimum atomic E-state index is -0.213. The Morgan fingerprint density at radius 2 is 1.91 bits per heavy atom. The summed E-state index contributed by atoms with van der Waals surface area (Å²) in [6.45, 7) is 4.82. The number of carbonyl (C=O) groups is 1. The molecule has 4 rings (SSSR count). The lowest BCUT2D eigenvalue weighted by Gasteiger charge is -2.48. The van der Waals surface area contributed by atoms with Crippen LogP contribution in [0.25, 0.3) is 0 Å². The Balaban J connectivity index is 1.56. The molecule has 1 unspecified atom stereocenters. The van der Waals surface area contributed by atoms with Crippen molar-refractivity contribution in [2.24, 2.45) is 0 Å². The van der Waals surface area contributed by atoms with Crippen LogP contribution in [0.1, 0.15) is 18.4 Å². The summed E-state index contributed by atoms with van der Waals surface area (Å²) in [5.74, 6) is 0. The third-order valence-electron chi connectivity index (χ3n) is 5.45. The van der Waals surface area contributed by atoms with E-state index < -0.39 is 0 Å². The van der Waals surface area contributed by atoms with Gasteiger partial charge in [0.25, 0.3) is 0 Å².